The third-order valence-corrected chi connectivity index (χ3v) is 2.66. The highest BCUT2D eigenvalue weighted by Gasteiger charge is 2.31. The monoisotopic (exact) mass is 289 g/mol. The Morgan fingerprint density at radius 3 is 2.63 bits per heavy atom. The first-order chi connectivity index (χ1) is 8.80. The predicted octanol–water partition coefficient (Wildman–Crippen LogP) is 2.64. The number of nitrogens with two attached hydrogens (primary N) is 1. The van der Waals surface area contributed by atoms with Crippen molar-refractivity contribution in [1.82, 2.24) is 9.55 Å². The van der Waals surface area contributed by atoms with Gasteiger partial charge in [-0.15, -0.1) is 0 Å². The second kappa shape index (κ2) is 4.58. The predicted molar refractivity (Wildman–Crippen MR) is 62.1 cm³/mol. The van der Waals surface area contributed by atoms with E-state index in [0.29, 0.717) is 6.20 Å². The minimum absolute atomic E-state index is 0.00784. The molecule has 0 aliphatic heterocycles. The zero-order valence-corrected chi connectivity index (χ0v) is 10.0. The summed E-state index contributed by atoms with van der Waals surface area (Å²) in [4.78, 5) is 14.8. The summed E-state index contributed by atoms with van der Waals surface area (Å²) >= 11 is 5.77. The number of primary amides is 1. The molecule has 0 spiro atoms. The van der Waals surface area contributed by atoms with Crippen LogP contribution in [0.5, 0.6) is 0 Å². The number of rotatable bonds is 2. The van der Waals surface area contributed by atoms with Crippen molar-refractivity contribution in [3.05, 3.63) is 46.9 Å². The van der Waals surface area contributed by atoms with Gasteiger partial charge in [-0.2, -0.15) is 13.2 Å². The fourth-order valence-corrected chi connectivity index (χ4v) is 1.79. The molecule has 2 heterocycles. The standard InChI is InChI=1S/C11H7ClF3N3O/c12-7-4-6(11(13,14)15)5-17-10(7)18-3-1-2-8(18)9(16)19/h1-5H,(H2,16,19). The van der Waals surface area contributed by atoms with Crippen LogP contribution in [0.15, 0.2) is 30.6 Å². The Hall–Kier alpha value is -2.02. The van der Waals surface area contributed by atoms with Gasteiger partial charge in [0.2, 0.25) is 0 Å². The Balaban J connectivity index is 2.53. The number of carbonyl (C=O) groups excluding carboxylic acids is 1. The third kappa shape index (κ3) is 2.55. The zero-order chi connectivity index (χ0) is 14.2. The normalized spacial score (nSPS) is 11.6. The Morgan fingerprint density at radius 2 is 2.11 bits per heavy atom. The summed E-state index contributed by atoms with van der Waals surface area (Å²) in [5.74, 6) is -0.726. The first kappa shape index (κ1) is 13.4. The summed E-state index contributed by atoms with van der Waals surface area (Å²) in [6, 6.07) is 3.67. The number of hydrogen-bond acceptors (Lipinski definition) is 2. The summed E-state index contributed by atoms with van der Waals surface area (Å²) < 4.78 is 38.6. The van der Waals surface area contributed by atoms with Crippen LogP contribution in [0, 0.1) is 0 Å². The molecular formula is C11H7ClF3N3O. The summed E-state index contributed by atoms with van der Waals surface area (Å²) in [5, 5.41) is -0.228. The molecule has 0 saturated heterocycles. The lowest BCUT2D eigenvalue weighted by Gasteiger charge is -2.11. The van der Waals surface area contributed by atoms with Crippen LogP contribution in [0.3, 0.4) is 0 Å². The largest absolute Gasteiger partial charge is 0.417 e. The van der Waals surface area contributed by atoms with Crippen LogP contribution in [0.2, 0.25) is 5.02 Å². The summed E-state index contributed by atoms with van der Waals surface area (Å²) in [5.41, 5.74) is 4.25. The van der Waals surface area contributed by atoms with E-state index in [-0.39, 0.29) is 16.5 Å². The molecule has 2 aromatic rings. The molecule has 0 unspecified atom stereocenters. The summed E-state index contributed by atoms with van der Waals surface area (Å²) in [7, 11) is 0. The molecule has 4 nitrogen and oxygen atoms in total. The molecule has 2 rings (SSSR count). The van der Waals surface area contributed by atoms with E-state index in [1.165, 1.54) is 22.9 Å². The third-order valence-electron chi connectivity index (χ3n) is 2.38. The molecule has 0 radical (unpaired) electrons. The van der Waals surface area contributed by atoms with E-state index in [0.717, 1.165) is 6.07 Å². The van der Waals surface area contributed by atoms with E-state index in [1.807, 2.05) is 0 Å². The van der Waals surface area contributed by atoms with Gasteiger partial charge in [0, 0.05) is 12.4 Å². The van der Waals surface area contributed by atoms with E-state index in [1.54, 1.807) is 0 Å². The highest BCUT2D eigenvalue weighted by atomic mass is 35.5. The van der Waals surface area contributed by atoms with E-state index in [2.05, 4.69) is 4.98 Å². The molecule has 1 amide bonds. The van der Waals surface area contributed by atoms with Crippen molar-refractivity contribution >= 4 is 17.5 Å². The van der Waals surface area contributed by atoms with E-state index < -0.39 is 17.6 Å². The SMILES string of the molecule is NC(=O)c1cccn1-c1ncc(C(F)(F)F)cc1Cl. The van der Waals surface area contributed by atoms with Crippen LogP contribution in [-0.4, -0.2) is 15.5 Å². The minimum atomic E-state index is -4.53. The molecule has 0 saturated carbocycles. The maximum absolute atomic E-state index is 12.5. The van der Waals surface area contributed by atoms with Crippen LogP contribution >= 0.6 is 11.6 Å². The van der Waals surface area contributed by atoms with E-state index in [9.17, 15) is 18.0 Å². The lowest BCUT2D eigenvalue weighted by Crippen LogP contribution is -2.16. The average molecular weight is 290 g/mol. The lowest BCUT2D eigenvalue weighted by molar-refractivity contribution is -0.137. The lowest BCUT2D eigenvalue weighted by atomic mass is 10.2. The molecule has 8 heteroatoms. The van der Waals surface area contributed by atoms with Gasteiger partial charge in [-0.3, -0.25) is 9.36 Å². The van der Waals surface area contributed by atoms with Crippen LogP contribution in [0.4, 0.5) is 13.2 Å². The number of alkyl halides is 3. The molecule has 0 aliphatic rings. The van der Waals surface area contributed by atoms with E-state index >= 15 is 0 Å². The molecule has 2 N–H and O–H groups in total. The quantitative estimate of drug-likeness (QED) is 0.924. The molecule has 0 atom stereocenters. The zero-order valence-electron chi connectivity index (χ0n) is 9.28. The Kier molecular flexibility index (Phi) is 3.23. The van der Waals surface area contributed by atoms with Gasteiger partial charge in [0.15, 0.2) is 5.82 Å². The van der Waals surface area contributed by atoms with Crippen molar-refractivity contribution in [2.24, 2.45) is 5.73 Å². The Labute approximate surface area is 110 Å². The van der Waals surface area contributed by atoms with Gasteiger partial charge in [0.25, 0.3) is 5.91 Å². The maximum Gasteiger partial charge on any atom is 0.417 e. The molecule has 0 fully saturated rings. The highest BCUT2D eigenvalue weighted by molar-refractivity contribution is 6.32. The fourth-order valence-electron chi connectivity index (χ4n) is 1.53. The number of amides is 1. The molecule has 19 heavy (non-hydrogen) atoms. The van der Waals surface area contributed by atoms with Crippen LogP contribution in [-0.2, 0) is 6.18 Å². The van der Waals surface area contributed by atoms with Crippen molar-refractivity contribution in [3.8, 4) is 5.82 Å². The van der Waals surface area contributed by atoms with Crippen LogP contribution in [0.25, 0.3) is 5.82 Å². The van der Waals surface area contributed by atoms with Gasteiger partial charge in [-0.1, -0.05) is 11.6 Å². The molecule has 0 bridgehead atoms. The van der Waals surface area contributed by atoms with Crippen molar-refractivity contribution < 1.29 is 18.0 Å². The fraction of sp³-hybridized carbons (Fsp3) is 0.0909. The van der Waals surface area contributed by atoms with Crippen molar-refractivity contribution in [1.29, 1.82) is 0 Å². The number of pyridine rings is 1. The topological polar surface area (TPSA) is 60.9 Å². The number of aromatic nitrogens is 2. The van der Waals surface area contributed by atoms with Gasteiger partial charge < -0.3 is 5.73 Å². The summed E-state index contributed by atoms with van der Waals surface area (Å²) in [6.45, 7) is 0. The molecule has 0 aromatic carbocycles. The highest BCUT2D eigenvalue weighted by Crippen LogP contribution is 2.32. The van der Waals surface area contributed by atoms with Gasteiger partial charge in [0.1, 0.15) is 5.69 Å². The van der Waals surface area contributed by atoms with Crippen molar-refractivity contribution in [3.63, 3.8) is 0 Å². The van der Waals surface area contributed by atoms with Gasteiger partial charge in [-0.25, -0.2) is 4.98 Å². The van der Waals surface area contributed by atoms with Crippen molar-refractivity contribution in [2.45, 2.75) is 6.18 Å². The second-order valence-corrected chi connectivity index (χ2v) is 4.06. The first-order valence-electron chi connectivity index (χ1n) is 5.01. The number of nitrogens with zero attached hydrogens (tertiary/aromatic N) is 2. The molecule has 100 valence electrons. The Morgan fingerprint density at radius 1 is 1.42 bits per heavy atom. The molecule has 2 aromatic heterocycles. The van der Waals surface area contributed by atoms with Crippen LogP contribution in [0.1, 0.15) is 16.1 Å². The van der Waals surface area contributed by atoms with Gasteiger partial charge in [-0.05, 0) is 18.2 Å². The van der Waals surface area contributed by atoms with Crippen molar-refractivity contribution in [2.75, 3.05) is 0 Å². The average Bonchev–Trinajstić information content (AvgIpc) is 2.76. The second-order valence-electron chi connectivity index (χ2n) is 3.65. The smallest absolute Gasteiger partial charge is 0.364 e. The van der Waals surface area contributed by atoms with E-state index in [4.69, 9.17) is 17.3 Å². The maximum atomic E-state index is 12.5. The number of halogens is 4. The van der Waals surface area contributed by atoms with Crippen LogP contribution < -0.4 is 5.73 Å². The molecule has 0 aliphatic carbocycles. The number of hydrogen-bond donors (Lipinski definition) is 1. The number of carbonyl (C=O) groups is 1. The van der Waals surface area contributed by atoms with Gasteiger partial charge in [0.05, 0.1) is 10.6 Å². The summed E-state index contributed by atoms with van der Waals surface area (Å²) in [6.07, 6.45) is -2.45. The van der Waals surface area contributed by atoms with Gasteiger partial charge >= 0.3 is 6.18 Å². The first-order valence-corrected chi connectivity index (χ1v) is 5.39. The Bertz CT molecular complexity index is 636. The molecular weight excluding hydrogens is 283 g/mol. The minimum Gasteiger partial charge on any atom is -0.364 e.